The molecule has 6 aromatic carbocycles. The number of furan rings is 1. The van der Waals surface area contributed by atoms with Gasteiger partial charge in [0.25, 0.3) is 0 Å². The molecule has 7 rings (SSSR count). The Labute approximate surface area is 212 Å². The zero-order valence-electron chi connectivity index (χ0n) is 28.6. The van der Waals surface area contributed by atoms with Gasteiger partial charge in [0.2, 0.25) is 0 Å². The van der Waals surface area contributed by atoms with Crippen molar-refractivity contribution in [2.75, 3.05) is 4.90 Å². The van der Waals surface area contributed by atoms with Gasteiger partial charge in [0, 0.05) is 27.5 Å². The summed E-state index contributed by atoms with van der Waals surface area (Å²) in [5.41, 5.74) is 1.09. The first-order valence-electron chi connectivity index (χ1n) is 16.2. The maximum absolute atomic E-state index is 9.48. The second-order valence-electron chi connectivity index (χ2n) is 7.74. The second kappa shape index (κ2) is 7.50. The molecule has 0 saturated heterocycles. The van der Waals surface area contributed by atoms with Crippen LogP contribution < -0.4 is 4.90 Å². The molecule has 34 heavy (non-hydrogen) atoms. The van der Waals surface area contributed by atoms with Crippen LogP contribution >= 0.6 is 0 Å². The van der Waals surface area contributed by atoms with E-state index in [2.05, 4.69) is 0 Å². The standard InChI is InChI=1S/C32H21NO/c1-3-12-23(13-4-1)33(24-14-5-2-6-15-24)31-27-20-19-22-11-7-8-16-25(22)28(27)21-29-26-17-9-10-18-30(26)34-32(29)31/h1-21H/i7D,8D,9D,10D,11D,16D,17D,18D,19D,20D,21D. The Balaban J connectivity index is 1.88. The fourth-order valence-corrected chi connectivity index (χ4v) is 4.33. The van der Waals surface area contributed by atoms with E-state index >= 15 is 0 Å². The minimum absolute atomic E-state index is 0.00273. The summed E-state index contributed by atoms with van der Waals surface area (Å²) in [6.07, 6.45) is 0. The highest BCUT2D eigenvalue weighted by atomic mass is 16.3. The summed E-state index contributed by atoms with van der Waals surface area (Å²) in [6, 6.07) is 12.7. The average molecular weight is 447 g/mol. The summed E-state index contributed by atoms with van der Waals surface area (Å²) in [7, 11) is 0. The largest absolute Gasteiger partial charge is 0.454 e. The summed E-state index contributed by atoms with van der Waals surface area (Å²) in [5.74, 6) is 0. The molecule has 0 spiro atoms. The molecule has 0 fully saturated rings. The van der Waals surface area contributed by atoms with Crippen molar-refractivity contribution in [3.63, 3.8) is 0 Å². The molecule has 2 heteroatoms. The predicted molar refractivity (Wildman–Crippen MR) is 143 cm³/mol. The van der Waals surface area contributed by atoms with Gasteiger partial charge in [-0.2, -0.15) is 0 Å². The van der Waals surface area contributed by atoms with Crippen molar-refractivity contribution >= 4 is 60.5 Å². The van der Waals surface area contributed by atoms with Gasteiger partial charge in [0.15, 0.2) is 5.58 Å². The average Bonchev–Trinajstić information content (AvgIpc) is 3.46. The van der Waals surface area contributed by atoms with Gasteiger partial charge in [-0.3, -0.25) is 0 Å². The number of para-hydroxylation sites is 3. The third kappa shape index (κ3) is 2.82. The number of rotatable bonds is 3. The van der Waals surface area contributed by atoms with Crippen LogP contribution in [0.4, 0.5) is 17.1 Å². The highest BCUT2D eigenvalue weighted by molar-refractivity contribution is 6.24. The minimum atomic E-state index is -0.578. The second-order valence-corrected chi connectivity index (χ2v) is 7.74. The monoisotopic (exact) mass is 446 g/mol. The number of hydrogen-bond donors (Lipinski definition) is 0. The fraction of sp³-hybridized carbons (Fsp3) is 0. The molecule has 0 N–H and O–H groups in total. The molecule has 0 aliphatic rings. The molecule has 0 atom stereocenters. The third-order valence-corrected chi connectivity index (χ3v) is 5.79. The molecule has 0 radical (unpaired) electrons. The molecule has 2 nitrogen and oxygen atoms in total. The van der Waals surface area contributed by atoms with Gasteiger partial charge in [-0.25, -0.2) is 0 Å². The van der Waals surface area contributed by atoms with Crippen molar-refractivity contribution in [3.8, 4) is 0 Å². The van der Waals surface area contributed by atoms with Crippen molar-refractivity contribution < 1.29 is 19.5 Å². The quantitative estimate of drug-likeness (QED) is 0.251. The summed E-state index contributed by atoms with van der Waals surface area (Å²) in [4.78, 5) is 1.73. The summed E-state index contributed by atoms with van der Waals surface area (Å²) in [6.45, 7) is 0. The highest BCUT2D eigenvalue weighted by Gasteiger charge is 2.23. The normalized spacial score (nSPS) is 16.1. The summed E-state index contributed by atoms with van der Waals surface area (Å²) in [5, 5.41) is -0.508. The molecular formula is C32H21NO. The molecule has 0 aliphatic carbocycles. The Morgan fingerprint density at radius 1 is 0.559 bits per heavy atom. The Bertz CT molecular complexity index is 2350. The number of anilines is 3. The third-order valence-electron chi connectivity index (χ3n) is 5.79. The molecule has 7 aromatic rings. The van der Waals surface area contributed by atoms with E-state index in [1.165, 1.54) is 0 Å². The Morgan fingerprint density at radius 2 is 1.21 bits per heavy atom. The molecule has 0 amide bonds. The van der Waals surface area contributed by atoms with Gasteiger partial charge >= 0.3 is 0 Å². The van der Waals surface area contributed by atoms with Crippen LogP contribution in [0.1, 0.15) is 15.1 Å². The molecule has 0 aliphatic heterocycles. The smallest absolute Gasteiger partial charge is 0.160 e. The fourth-order valence-electron chi connectivity index (χ4n) is 4.33. The van der Waals surface area contributed by atoms with Gasteiger partial charge < -0.3 is 9.32 Å². The van der Waals surface area contributed by atoms with E-state index in [1.54, 1.807) is 53.4 Å². The van der Waals surface area contributed by atoms with Crippen molar-refractivity contribution in [3.05, 3.63) is 127 Å². The van der Waals surface area contributed by atoms with Crippen LogP contribution in [0.25, 0.3) is 43.5 Å². The van der Waals surface area contributed by atoms with Gasteiger partial charge in [0.05, 0.1) is 20.8 Å². The zero-order chi connectivity index (χ0) is 32.1. The highest BCUT2D eigenvalue weighted by Crippen LogP contribution is 2.47. The van der Waals surface area contributed by atoms with E-state index in [9.17, 15) is 2.74 Å². The van der Waals surface area contributed by atoms with Crippen LogP contribution in [-0.4, -0.2) is 0 Å². The number of fused-ring (bicyclic) bond motifs is 6. The zero-order valence-corrected chi connectivity index (χ0v) is 17.6. The minimum Gasteiger partial charge on any atom is -0.454 e. The predicted octanol–water partition coefficient (Wildman–Crippen LogP) is 9.36. The van der Waals surface area contributed by atoms with Crippen molar-refractivity contribution in [1.82, 2.24) is 0 Å². The van der Waals surface area contributed by atoms with E-state index in [1.807, 2.05) is 12.1 Å². The first-order chi connectivity index (χ1) is 21.5. The molecule has 0 bridgehead atoms. The lowest BCUT2D eigenvalue weighted by Gasteiger charge is -2.27. The van der Waals surface area contributed by atoms with Crippen LogP contribution in [0.15, 0.2) is 132 Å². The van der Waals surface area contributed by atoms with Crippen LogP contribution in [0.3, 0.4) is 0 Å². The lowest BCUT2D eigenvalue weighted by Crippen LogP contribution is -2.10. The number of nitrogens with zero attached hydrogens (tertiary/aromatic N) is 1. The van der Waals surface area contributed by atoms with Crippen molar-refractivity contribution in [2.45, 2.75) is 0 Å². The Hall–Kier alpha value is -4.56. The van der Waals surface area contributed by atoms with Crippen LogP contribution in [0.2, 0.25) is 0 Å². The number of benzene rings is 6. The first-order valence-corrected chi connectivity index (χ1v) is 10.7. The van der Waals surface area contributed by atoms with Crippen LogP contribution in [-0.2, 0) is 0 Å². The molecule has 160 valence electrons. The van der Waals surface area contributed by atoms with Crippen molar-refractivity contribution in [1.29, 1.82) is 0 Å². The van der Waals surface area contributed by atoms with E-state index < -0.39 is 60.4 Å². The summed E-state index contributed by atoms with van der Waals surface area (Å²) < 4.78 is 102. The molecule has 0 saturated carbocycles. The first kappa shape index (κ1) is 11.0. The topological polar surface area (TPSA) is 16.4 Å². The Kier molecular flexibility index (Phi) is 2.43. The van der Waals surface area contributed by atoms with Gasteiger partial charge in [-0.05, 0) is 52.5 Å². The van der Waals surface area contributed by atoms with E-state index in [0.717, 1.165) is 0 Å². The maximum atomic E-state index is 9.48. The van der Waals surface area contributed by atoms with Crippen LogP contribution in [0, 0.1) is 0 Å². The van der Waals surface area contributed by atoms with Crippen LogP contribution in [0.5, 0.6) is 0 Å². The van der Waals surface area contributed by atoms with Gasteiger partial charge in [-0.1, -0.05) is 90.8 Å². The van der Waals surface area contributed by atoms with E-state index in [4.69, 9.17) is 16.8 Å². The van der Waals surface area contributed by atoms with Gasteiger partial charge in [0.1, 0.15) is 5.58 Å². The molecule has 1 heterocycles. The molecule has 0 unspecified atom stereocenters. The van der Waals surface area contributed by atoms with Crippen molar-refractivity contribution in [2.24, 2.45) is 0 Å². The summed E-state index contributed by atoms with van der Waals surface area (Å²) >= 11 is 0. The lowest BCUT2D eigenvalue weighted by molar-refractivity contribution is 0.669. The SMILES string of the molecule is [2H]c1c([2H])c([2H])c2c(oc3c(N(c4ccccc4)c4ccccc4)c4c([2H])c([2H])c5c([2H])c([2H])c([2H])c([2H])c5c4c([2H])c32)c1[2H]. The Morgan fingerprint density at radius 3 is 1.94 bits per heavy atom. The molecule has 1 aromatic heterocycles. The van der Waals surface area contributed by atoms with E-state index in [0.29, 0.717) is 11.4 Å². The number of hydrogen-bond acceptors (Lipinski definition) is 2. The maximum Gasteiger partial charge on any atom is 0.160 e. The van der Waals surface area contributed by atoms with Gasteiger partial charge in [-0.15, -0.1) is 0 Å². The van der Waals surface area contributed by atoms with E-state index in [-0.39, 0.29) is 55.2 Å². The lowest BCUT2D eigenvalue weighted by atomic mass is 9.97. The molecular weight excluding hydrogens is 414 g/mol.